The van der Waals surface area contributed by atoms with Crippen molar-refractivity contribution >= 4 is 11.7 Å². The monoisotopic (exact) mass is 244 g/mol. The number of anilines is 1. The van der Waals surface area contributed by atoms with E-state index >= 15 is 0 Å². The molecule has 3 rings (SSSR count). The summed E-state index contributed by atoms with van der Waals surface area (Å²) in [5.74, 6) is 0.622. The molecule has 0 aromatic carbocycles. The second kappa shape index (κ2) is 4.33. The molecule has 1 amide bonds. The van der Waals surface area contributed by atoms with Gasteiger partial charge in [-0.2, -0.15) is 5.10 Å². The number of aryl methyl sites for hydroxylation is 1. The lowest BCUT2D eigenvalue weighted by atomic mass is 10.2. The van der Waals surface area contributed by atoms with E-state index in [0.717, 1.165) is 12.0 Å². The summed E-state index contributed by atoms with van der Waals surface area (Å²) in [5, 5.41) is 9.66. The van der Waals surface area contributed by atoms with E-state index in [1.54, 1.807) is 6.20 Å². The van der Waals surface area contributed by atoms with E-state index in [9.17, 15) is 4.79 Å². The zero-order valence-electron chi connectivity index (χ0n) is 10.3. The second-order valence-corrected chi connectivity index (χ2v) is 4.61. The first-order valence-electron chi connectivity index (χ1n) is 6.30. The molecular formula is C13H16N4O. The summed E-state index contributed by atoms with van der Waals surface area (Å²) in [5.41, 5.74) is 1.74. The van der Waals surface area contributed by atoms with Gasteiger partial charge in [-0.1, -0.05) is 6.92 Å². The first-order valence-corrected chi connectivity index (χ1v) is 6.30. The van der Waals surface area contributed by atoms with E-state index in [-0.39, 0.29) is 5.91 Å². The van der Waals surface area contributed by atoms with E-state index in [1.165, 1.54) is 12.8 Å². The molecule has 0 radical (unpaired) electrons. The lowest BCUT2D eigenvalue weighted by molar-refractivity contribution is 0.101. The Balaban J connectivity index is 1.80. The molecule has 94 valence electrons. The van der Waals surface area contributed by atoms with Crippen molar-refractivity contribution in [3.63, 3.8) is 0 Å². The van der Waals surface area contributed by atoms with Crippen LogP contribution in [0.4, 0.5) is 5.82 Å². The number of nitrogens with one attached hydrogen (secondary N) is 2. The van der Waals surface area contributed by atoms with Gasteiger partial charge in [0.05, 0.1) is 6.20 Å². The highest BCUT2D eigenvalue weighted by Gasteiger charge is 2.26. The molecular weight excluding hydrogens is 228 g/mol. The highest BCUT2D eigenvalue weighted by atomic mass is 16.2. The third-order valence-electron chi connectivity index (χ3n) is 3.29. The normalized spacial score (nSPS) is 14.7. The molecule has 0 spiro atoms. The van der Waals surface area contributed by atoms with Crippen LogP contribution >= 0.6 is 0 Å². The lowest BCUT2D eigenvalue weighted by Gasteiger charge is -2.08. The third kappa shape index (κ3) is 1.92. The molecule has 0 saturated heterocycles. The first-order chi connectivity index (χ1) is 8.79. The number of hydrogen-bond acceptors (Lipinski definition) is 2. The molecule has 0 bridgehead atoms. The fourth-order valence-corrected chi connectivity index (χ4v) is 2.12. The predicted molar refractivity (Wildman–Crippen MR) is 68.6 cm³/mol. The van der Waals surface area contributed by atoms with Crippen molar-refractivity contribution in [2.45, 2.75) is 32.2 Å². The Kier molecular flexibility index (Phi) is 2.66. The zero-order valence-corrected chi connectivity index (χ0v) is 10.3. The van der Waals surface area contributed by atoms with Gasteiger partial charge < -0.3 is 9.88 Å². The molecule has 5 heteroatoms. The largest absolute Gasteiger partial charge is 0.340 e. The molecule has 2 heterocycles. The van der Waals surface area contributed by atoms with Gasteiger partial charge >= 0.3 is 0 Å². The predicted octanol–water partition coefficient (Wildman–Crippen LogP) is 2.36. The van der Waals surface area contributed by atoms with E-state index in [4.69, 9.17) is 0 Å². The molecule has 1 aliphatic rings. The molecule has 2 aromatic rings. The SMILES string of the molecule is CCc1cn[nH]c1NC(=O)c1cccn1C1CC1. The molecule has 1 saturated carbocycles. The van der Waals surface area contributed by atoms with Crippen LogP contribution in [-0.4, -0.2) is 20.7 Å². The van der Waals surface area contributed by atoms with Crippen molar-refractivity contribution < 1.29 is 4.79 Å². The molecule has 0 atom stereocenters. The minimum absolute atomic E-state index is 0.0779. The number of aromatic nitrogens is 3. The van der Waals surface area contributed by atoms with E-state index in [0.29, 0.717) is 17.6 Å². The van der Waals surface area contributed by atoms with Gasteiger partial charge in [-0.15, -0.1) is 0 Å². The van der Waals surface area contributed by atoms with Crippen LogP contribution in [0.1, 0.15) is 41.9 Å². The Hall–Kier alpha value is -2.04. The maximum absolute atomic E-state index is 12.2. The van der Waals surface area contributed by atoms with Gasteiger partial charge in [0.1, 0.15) is 11.5 Å². The number of hydrogen-bond donors (Lipinski definition) is 2. The van der Waals surface area contributed by atoms with Crippen molar-refractivity contribution in [2.24, 2.45) is 0 Å². The van der Waals surface area contributed by atoms with Crippen molar-refractivity contribution in [1.29, 1.82) is 0 Å². The highest BCUT2D eigenvalue weighted by Crippen LogP contribution is 2.36. The Labute approximate surface area is 105 Å². The van der Waals surface area contributed by atoms with E-state index in [1.807, 2.05) is 25.3 Å². The summed E-state index contributed by atoms with van der Waals surface area (Å²) < 4.78 is 2.05. The van der Waals surface area contributed by atoms with Gasteiger partial charge in [0.15, 0.2) is 0 Å². The van der Waals surface area contributed by atoms with Crippen molar-refractivity contribution in [1.82, 2.24) is 14.8 Å². The number of amides is 1. The zero-order chi connectivity index (χ0) is 12.5. The minimum Gasteiger partial charge on any atom is -0.340 e. The van der Waals surface area contributed by atoms with Crippen LogP contribution in [-0.2, 0) is 6.42 Å². The summed E-state index contributed by atoms with van der Waals surface area (Å²) in [4.78, 5) is 12.2. The molecule has 1 aliphatic carbocycles. The molecule has 2 N–H and O–H groups in total. The number of rotatable bonds is 4. The Morgan fingerprint density at radius 3 is 3.17 bits per heavy atom. The van der Waals surface area contributed by atoms with Crippen LogP contribution in [0.2, 0.25) is 0 Å². The summed E-state index contributed by atoms with van der Waals surface area (Å²) in [6, 6.07) is 4.28. The van der Waals surface area contributed by atoms with Gasteiger partial charge in [-0.3, -0.25) is 9.89 Å². The summed E-state index contributed by atoms with van der Waals surface area (Å²) in [7, 11) is 0. The summed E-state index contributed by atoms with van der Waals surface area (Å²) in [6.45, 7) is 2.04. The van der Waals surface area contributed by atoms with Crippen LogP contribution in [0.15, 0.2) is 24.5 Å². The van der Waals surface area contributed by atoms with Gasteiger partial charge in [0, 0.05) is 17.8 Å². The summed E-state index contributed by atoms with van der Waals surface area (Å²) in [6.07, 6.45) is 6.89. The fourth-order valence-electron chi connectivity index (χ4n) is 2.12. The number of carbonyl (C=O) groups excluding carboxylic acids is 1. The topological polar surface area (TPSA) is 62.7 Å². The van der Waals surface area contributed by atoms with Crippen LogP contribution in [0.25, 0.3) is 0 Å². The van der Waals surface area contributed by atoms with Gasteiger partial charge in [0.2, 0.25) is 0 Å². The van der Waals surface area contributed by atoms with Crippen LogP contribution in [0, 0.1) is 0 Å². The minimum atomic E-state index is -0.0779. The van der Waals surface area contributed by atoms with Crippen molar-refractivity contribution in [3.8, 4) is 0 Å². The average molecular weight is 244 g/mol. The highest BCUT2D eigenvalue weighted by molar-refractivity contribution is 6.03. The van der Waals surface area contributed by atoms with Crippen molar-refractivity contribution in [3.05, 3.63) is 35.8 Å². The third-order valence-corrected chi connectivity index (χ3v) is 3.29. The van der Waals surface area contributed by atoms with E-state index < -0.39 is 0 Å². The summed E-state index contributed by atoms with van der Waals surface area (Å²) >= 11 is 0. The average Bonchev–Trinajstić information content (AvgIpc) is 2.93. The lowest BCUT2D eigenvalue weighted by Crippen LogP contribution is -2.17. The second-order valence-electron chi connectivity index (χ2n) is 4.61. The molecule has 1 fully saturated rings. The van der Waals surface area contributed by atoms with Crippen LogP contribution in [0.3, 0.4) is 0 Å². The molecule has 5 nitrogen and oxygen atoms in total. The maximum Gasteiger partial charge on any atom is 0.273 e. The Morgan fingerprint density at radius 1 is 1.61 bits per heavy atom. The fraction of sp³-hybridized carbons (Fsp3) is 0.385. The molecule has 2 aromatic heterocycles. The number of H-pyrrole nitrogens is 1. The quantitative estimate of drug-likeness (QED) is 0.867. The Bertz CT molecular complexity index is 565. The van der Waals surface area contributed by atoms with Crippen LogP contribution < -0.4 is 5.32 Å². The first kappa shape index (κ1) is 11.1. The van der Waals surface area contributed by atoms with E-state index in [2.05, 4.69) is 20.1 Å². The molecule has 0 aliphatic heterocycles. The Morgan fingerprint density at radius 2 is 2.44 bits per heavy atom. The molecule has 18 heavy (non-hydrogen) atoms. The number of nitrogens with zero attached hydrogens (tertiary/aromatic N) is 2. The number of carbonyl (C=O) groups is 1. The smallest absolute Gasteiger partial charge is 0.273 e. The standard InChI is InChI=1S/C13H16N4O/c1-2-9-8-14-16-12(9)15-13(18)11-4-3-7-17(11)10-5-6-10/h3-4,7-8,10H,2,5-6H2,1H3,(H2,14,15,16,18). The molecule has 0 unspecified atom stereocenters. The van der Waals surface area contributed by atoms with Gasteiger partial charge in [-0.25, -0.2) is 0 Å². The van der Waals surface area contributed by atoms with Crippen LogP contribution in [0.5, 0.6) is 0 Å². The van der Waals surface area contributed by atoms with Gasteiger partial charge in [0.25, 0.3) is 5.91 Å². The maximum atomic E-state index is 12.2. The number of aromatic amines is 1. The van der Waals surface area contributed by atoms with Crippen molar-refractivity contribution in [2.75, 3.05) is 5.32 Å². The van der Waals surface area contributed by atoms with Gasteiger partial charge in [-0.05, 0) is 31.4 Å².